The van der Waals surface area contributed by atoms with Crippen LogP contribution in [0.5, 0.6) is 0 Å². The molecule has 0 saturated carbocycles. The number of likely N-dealkylation sites (N-methyl/N-ethyl adjacent to an activating group) is 1. The summed E-state index contributed by atoms with van der Waals surface area (Å²) in [4.78, 5) is 2.44. The van der Waals surface area contributed by atoms with Gasteiger partial charge in [0.2, 0.25) is 10.0 Å². The van der Waals surface area contributed by atoms with Gasteiger partial charge in [0.1, 0.15) is 4.90 Å². The first-order valence-electron chi connectivity index (χ1n) is 6.66. The van der Waals surface area contributed by atoms with E-state index in [1.165, 1.54) is 6.20 Å². The second-order valence-electron chi connectivity index (χ2n) is 5.31. The van der Waals surface area contributed by atoms with Crippen LogP contribution in [0.3, 0.4) is 0 Å². The highest BCUT2D eigenvalue weighted by Gasteiger charge is 2.34. The Kier molecular flexibility index (Phi) is 4.73. The number of hydrogen-bond acceptors (Lipinski definition) is 4. The number of piperazine rings is 1. The second-order valence-corrected chi connectivity index (χ2v) is 7.63. The predicted molar refractivity (Wildman–Crippen MR) is 78.4 cm³/mol. The van der Waals surface area contributed by atoms with Gasteiger partial charge in [0.25, 0.3) is 0 Å². The van der Waals surface area contributed by atoms with Crippen molar-refractivity contribution in [2.45, 2.75) is 37.4 Å². The van der Waals surface area contributed by atoms with E-state index in [9.17, 15) is 8.42 Å². The van der Waals surface area contributed by atoms with Gasteiger partial charge in [0.05, 0.1) is 12.7 Å². The molecule has 1 aromatic rings. The molecule has 8 heteroatoms. The lowest BCUT2D eigenvalue weighted by Crippen LogP contribution is -2.56. The SMILES string of the molecule is CC1CN(S(=O)(=O)c2cnn(CCCl)c2)CC(C)N1C. The molecule has 2 unspecified atom stereocenters. The number of rotatable bonds is 4. The van der Waals surface area contributed by atoms with Gasteiger partial charge in [-0.25, -0.2) is 8.42 Å². The van der Waals surface area contributed by atoms with Crippen molar-refractivity contribution in [2.75, 3.05) is 26.0 Å². The molecule has 0 N–H and O–H groups in total. The molecule has 1 aliphatic heterocycles. The first kappa shape index (κ1) is 15.8. The summed E-state index contributed by atoms with van der Waals surface area (Å²) in [6, 6.07) is 0.401. The minimum absolute atomic E-state index is 0.200. The Bertz CT molecular complexity index is 548. The number of aromatic nitrogens is 2. The standard InChI is InChI=1S/C12H21ClN4O2S/c1-10-7-17(8-11(2)15(10)3)20(18,19)12-6-14-16(9-12)5-4-13/h6,9-11H,4-5,7-8H2,1-3H3. The average Bonchev–Trinajstić information content (AvgIpc) is 2.85. The molecule has 1 aromatic heterocycles. The third kappa shape index (κ3) is 3.00. The van der Waals surface area contributed by atoms with Gasteiger partial charge < -0.3 is 0 Å². The van der Waals surface area contributed by atoms with E-state index in [1.54, 1.807) is 15.2 Å². The predicted octanol–water partition coefficient (Wildman–Crippen LogP) is 0.835. The molecule has 6 nitrogen and oxygen atoms in total. The number of nitrogens with zero attached hydrogens (tertiary/aromatic N) is 4. The molecule has 20 heavy (non-hydrogen) atoms. The minimum Gasteiger partial charge on any atom is -0.298 e. The molecule has 0 aliphatic carbocycles. The van der Waals surface area contributed by atoms with Gasteiger partial charge in [-0.2, -0.15) is 9.40 Å². The van der Waals surface area contributed by atoms with Crippen molar-refractivity contribution in [2.24, 2.45) is 0 Å². The van der Waals surface area contributed by atoms with E-state index in [4.69, 9.17) is 11.6 Å². The lowest BCUT2D eigenvalue weighted by atomic mass is 10.1. The average molecular weight is 321 g/mol. The topological polar surface area (TPSA) is 58.4 Å². The van der Waals surface area contributed by atoms with Gasteiger partial charge in [0, 0.05) is 37.3 Å². The van der Waals surface area contributed by atoms with Crippen LogP contribution in [0.2, 0.25) is 0 Å². The number of hydrogen-bond donors (Lipinski definition) is 0. The van der Waals surface area contributed by atoms with Crippen LogP contribution >= 0.6 is 11.6 Å². The van der Waals surface area contributed by atoms with Crippen molar-refractivity contribution in [1.82, 2.24) is 19.0 Å². The molecule has 1 saturated heterocycles. The number of alkyl halides is 1. The Morgan fingerprint density at radius 1 is 1.35 bits per heavy atom. The van der Waals surface area contributed by atoms with E-state index >= 15 is 0 Å². The summed E-state index contributed by atoms with van der Waals surface area (Å²) in [6.45, 7) is 5.59. The van der Waals surface area contributed by atoms with Gasteiger partial charge in [-0.3, -0.25) is 9.58 Å². The Morgan fingerprint density at radius 2 is 1.95 bits per heavy atom. The molecule has 1 aliphatic rings. The van der Waals surface area contributed by atoms with Gasteiger partial charge in [0.15, 0.2) is 0 Å². The van der Waals surface area contributed by atoms with Crippen molar-refractivity contribution in [1.29, 1.82) is 0 Å². The third-order valence-electron chi connectivity index (χ3n) is 3.89. The summed E-state index contributed by atoms with van der Waals surface area (Å²) < 4.78 is 28.4. The molecule has 2 atom stereocenters. The summed E-state index contributed by atoms with van der Waals surface area (Å²) in [6.07, 6.45) is 2.95. The quantitative estimate of drug-likeness (QED) is 0.771. The monoisotopic (exact) mass is 320 g/mol. The van der Waals surface area contributed by atoms with Crippen LogP contribution in [-0.2, 0) is 16.6 Å². The van der Waals surface area contributed by atoms with E-state index in [-0.39, 0.29) is 17.0 Å². The first-order chi connectivity index (χ1) is 9.36. The fraction of sp³-hybridized carbons (Fsp3) is 0.750. The van der Waals surface area contributed by atoms with Crippen LogP contribution in [-0.4, -0.2) is 65.5 Å². The smallest absolute Gasteiger partial charge is 0.246 e. The molecular weight excluding hydrogens is 300 g/mol. The molecule has 114 valence electrons. The third-order valence-corrected chi connectivity index (χ3v) is 5.84. The van der Waals surface area contributed by atoms with Crippen LogP contribution in [0, 0.1) is 0 Å². The zero-order valence-corrected chi connectivity index (χ0v) is 13.6. The van der Waals surface area contributed by atoms with Crippen LogP contribution < -0.4 is 0 Å². The lowest BCUT2D eigenvalue weighted by molar-refractivity contribution is 0.105. The van der Waals surface area contributed by atoms with Gasteiger partial charge in [-0.15, -0.1) is 11.6 Å². The van der Waals surface area contributed by atoms with Crippen molar-refractivity contribution < 1.29 is 8.42 Å². The fourth-order valence-corrected chi connectivity index (χ4v) is 4.12. The molecular formula is C12H21ClN4O2S. The second kappa shape index (κ2) is 6.01. The molecule has 2 rings (SSSR count). The molecule has 0 amide bonds. The van der Waals surface area contributed by atoms with Gasteiger partial charge in [-0.05, 0) is 20.9 Å². The highest BCUT2D eigenvalue weighted by Crippen LogP contribution is 2.21. The Hall–Kier alpha value is -0.630. The fourth-order valence-electron chi connectivity index (χ4n) is 2.39. The summed E-state index contributed by atoms with van der Waals surface area (Å²) >= 11 is 5.64. The first-order valence-corrected chi connectivity index (χ1v) is 8.64. The molecule has 0 spiro atoms. The summed E-state index contributed by atoms with van der Waals surface area (Å²) in [5.74, 6) is 0.406. The zero-order valence-electron chi connectivity index (χ0n) is 12.0. The molecule has 0 bridgehead atoms. The Labute approximate surface area is 125 Å². The van der Waals surface area contributed by atoms with Gasteiger partial charge >= 0.3 is 0 Å². The Morgan fingerprint density at radius 3 is 2.50 bits per heavy atom. The highest BCUT2D eigenvalue weighted by atomic mass is 35.5. The summed E-state index contributed by atoms with van der Waals surface area (Å²) in [7, 11) is -1.44. The molecule has 0 aromatic carbocycles. The molecule has 2 heterocycles. The summed E-state index contributed by atoms with van der Waals surface area (Å²) in [5, 5.41) is 4.04. The number of aryl methyl sites for hydroxylation is 1. The maximum atomic E-state index is 12.6. The van der Waals surface area contributed by atoms with Crippen molar-refractivity contribution in [3.05, 3.63) is 12.4 Å². The van der Waals surface area contributed by atoms with Crippen LogP contribution in [0.15, 0.2) is 17.3 Å². The Balaban J connectivity index is 2.21. The van der Waals surface area contributed by atoms with Crippen LogP contribution in [0.25, 0.3) is 0 Å². The maximum absolute atomic E-state index is 12.6. The largest absolute Gasteiger partial charge is 0.298 e. The van der Waals surface area contributed by atoms with Crippen molar-refractivity contribution >= 4 is 21.6 Å². The van der Waals surface area contributed by atoms with E-state index in [1.807, 2.05) is 20.9 Å². The van der Waals surface area contributed by atoms with E-state index in [0.717, 1.165) is 0 Å². The van der Waals surface area contributed by atoms with Gasteiger partial charge in [-0.1, -0.05) is 0 Å². The summed E-state index contributed by atoms with van der Waals surface area (Å²) in [5.41, 5.74) is 0. The molecule has 1 fully saturated rings. The number of halogens is 1. The van der Waals surface area contributed by atoms with E-state index in [2.05, 4.69) is 10.00 Å². The minimum atomic E-state index is -3.47. The van der Waals surface area contributed by atoms with Crippen molar-refractivity contribution in [3.63, 3.8) is 0 Å². The molecule has 0 radical (unpaired) electrons. The van der Waals surface area contributed by atoms with Crippen LogP contribution in [0.4, 0.5) is 0 Å². The van der Waals surface area contributed by atoms with Crippen molar-refractivity contribution in [3.8, 4) is 0 Å². The van der Waals surface area contributed by atoms with E-state index < -0.39 is 10.0 Å². The number of sulfonamides is 1. The highest BCUT2D eigenvalue weighted by molar-refractivity contribution is 7.89. The van der Waals surface area contributed by atoms with Crippen LogP contribution in [0.1, 0.15) is 13.8 Å². The zero-order chi connectivity index (χ0) is 14.9. The van der Waals surface area contributed by atoms with E-state index in [0.29, 0.717) is 25.5 Å². The lowest BCUT2D eigenvalue weighted by Gasteiger charge is -2.41. The maximum Gasteiger partial charge on any atom is 0.246 e. The normalized spacial score (nSPS) is 26.0.